The zero-order chi connectivity index (χ0) is 12.5. The topological polar surface area (TPSA) is 80.9 Å². The zero-order valence-electron chi connectivity index (χ0n) is 9.19. The molecule has 1 N–H and O–H groups in total. The van der Waals surface area contributed by atoms with Gasteiger partial charge in [-0.2, -0.15) is 0 Å². The van der Waals surface area contributed by atoms with E-state index < -0.39 is 5.97 Å². The van der Waals surface area contributed by atoms with Crippen LogP contribution in [0.4, 0.5) is 0 Å². The SMILES string of the molecule is O=C(O)c1cnc(-n2cnc3ccccc32)nc1. The molecule has 88 valence electrons. The Morgan fingerprint density at radius 2 is 1.83 bits per heavy atom. The molecule has 6 nitrogen and oxygen atoms in total. The van der Waals surface area contributed by atoms with E-state index in [1.165, 1.54) is 12.4 Å². The van der Waals surface area contributed by atoms with Crippen molar-refractivity contribution in [1.29, 1.82) is 0 Å². The van der Waals surface area contributed by atoms with Gasteiger partial charge in [0.25, 0.3) is 0 Å². The van der Waals surface area contributed by atoms with Gasteiger partial charge in [-0.15, -0.1) is 0 Å². The number of hydrogen-bond acceptors (Lipinski definition) is 4. The highest BCUT2D eigenvalue weighted by Gasteiger charge is 2.08. The largest absolute Gasteiger partial charge is 0.478 e. The predicted molar refractivity (Wildman–Crippen MR) is 63.6 cm³/mol. The third-order valence-electron chi connectivity index (χ3n) is 2.55. The van der Waals surface area contributed by atoms with Crippen molar-refractivity contribution in [3.63, 3.8) is 0 Å². The van der Waals surface area contributed by atoms with Crippen molar-refractivity contribution in [1.82, 2.24) is 19.5 Å². The molecule has 0 aliphatic carbocycles. The van der Waals surface area contributed by atoms with E-state index in [9.17, 15) is 4.79 Å². The van der Waals surface area contributed by atoms with Gasteiger partial charge in [0.15, 0.2) is 0 Å². The number of hydrogen-bond donors (Lipinski definition) is 1. The molecule has 0 saturated carbocycles. The number of benzene rings is 1. The first-order valence-corrected chi connectivity index (χ1v) is 5.23. The lowest BCUT2D eigenvalue weighted by molar-refractivity contribution is 0.0696. The molecule has 0 aliphatic rings. The summed E-state index contributed by atoms with van der Waals surface area (Å²) >= 11 is 0. The fourth-order valence-corrected chi connectivity index (χ4v) is 1.67. The first kappa shape index (κ1) is 10.4. The number of carbonyl (C=O) groups is 1. The summed E-state index contributed by atoms with van der Waals surface area (Å²) in [5, 5.41) is 8.78. The van der Waals surface area contributed by atoms with E-state index in [-0.39, 0.29) is 5.56 Å². The first-order valence-electron chi connectivity index (χ1n) is 5.23. The zero-order valence-corrected chi connectivity index (χ0v) is 9.19. The quantitative estimate of drug-likeness (QED) is 0.734. The second-order valence-corrected chi connectivity index (χ2v) is 3.68. The Kier molecular flexibility index (Phi) is 2.26. The molecule has 0 atom stereocenters. The Hall–Kier alpha value is -2.76. The van der Waals surface area contributed by atoms with Gasteiger partial charge in [0, 0.05) is 12.4 Å². The van der Waals surface area contributed by atoms with E-state index in [4.69, 9.17) is 5.11 Å². The number of fused-ring (bicyclic) bond motifs is 1. The summed E-state index contributed by atoms with van der Waals surface area (Å²) in [4.78, 5) is 23.0. The van der Waals surface area contributed by atoms with Gasteiger partial charge in [0.2, 0.25) is 5.95 Å². The van der Waals surface area contributed by atoms with Crippen molar-refractivity contribution >= 4 is 17.0 Å². The number of rotatable bonds is 2. The fourth-order valence-electron chi connectivity index (χ4n) is 1.67. The predicted octanol–water partition coefficient (Wildman–Crippen LogP) is 1.51. The average Bonchev–Trinajstić information content (AvgIpc) is 2.82. The third kappa shape index (κ3) is 1.60. The molecular formula is C12H8N4O2. The van der Waals surface area contributed by atoms with Crippen molar-refractivity contribution in [2.24, 2.45) is 0 Å². The number of aromatic nitrogens is 4. The summed E-state index contributed by atoms with van der Waals surface area (Å²) in [6.45, 7) is 0. The van der Waals surface area contributed by atoms with E-state index in [1.54, 1.807) is 10.9 Å². The lowest BCUT2D eigenvalue weighted by atomic mass is 10.3. The van der Waals surface area contributed by atoms with Gasteiger partial charge in [-0.05, 0) is 12.1 Å². The summed E-state index contributed by atoms with van der Waals surface area (Å²) < 4.78 is 1.71. The highest BCUT2D eigenvalue weighted by atomic mass is 16.4. The summed E-state index contributed by atoms with van der Waals surface area (Å²) in [6.07, 6.45) is 4.17. The monoisotopic (exact) mass is 240 g/mol. The minimum atomic E-state index is -1.04. The smallest absolute Gasteiger partial charge is 0.338 e. The summed E-state index contributed by atoms with van der Waals surface area (Å²) in [5.74, 6) is -0.647. The second-order valence-electron chi connectivity index (χ2n) is 3.68. The van der Waals surface area contributed by atoms with Crippen molar-refractivity contribution in [2.45, 2.75) is 0 Å². The maximum absolute atomic E-state index is 10.7. The molecule has 3 aromatic rings. The summed E-state index contributed by atoms with van der Waals surface area (Å²) in [6, 6.07) is 7.58. The van der Waals surface area contributed by atoms with E-state index in [0.717, 1.165) is 11.0 Å². The van der Waals surface area contributed by atoms with Crippen LogP contribution >= 0.6 is 0 Å². The third-order valence-corrected chi connectivity index (χ3v) is 2.55. The van der Waals surface area contributed by atoms with Crippen LogP contribution < -0.4 is 0 Å². The molecule has 0 saturated heterocycles. The molecule has 0 unspecified atom stereocenters. The van der Waals surface area contributed by atoms with Crippen molar-refractivity contribution in [2.75, 3.05) is 0 Å². The average molecular weight is 240 g/mol. The van der Waals surface area contributed by atoms with Crippen LogP contribution in [0.5, 0.6) is 0 Å². The highest BCUT2D eigenvalue weighted by Crippen LogP contribution is 2.14. The number of aromatic carboxylic acids is 1. The van der Waals surface area contributed by atoms with E-state index in [1.807, 2.05) is 24.3 Å². The van der Waals surface area contributed by atoms with Gasteiger partial charge in [0.05, 0.1) is 16.6 Å². The highest BCUT2D eigenvalue weighted by molar-refractivity contribution is 5.86. The molecule has 2 heterocycles. The molecule has 1 aromatic carbocycles. The number of carboxylic acid groups (broad SMARTS) is 1. The van der Waals surface area contributed by atoms with Gasteiger partial charge in [-0.3, -0.25) is 4.57 Å². The Morgan fingerprint density at radius 3 is 2.56 bits per heavy atom. The number of carboxylic acids is 1. The van der Waals surface area contributed by atoms with Crippen LogP contribution in [0.1, 0.15) is 10.4 Å². The van der Waals surface area contributed by atoms with Crippen molar-refractivity contribution in [3.05, 3.63) is 48.5 Å². The fraction of sp³-hybridized carbons (Fsp3) is 0. The number of nitrogens with zero attached hydrogens (tertiary/aromatic N) is 4. The summed E-state index contributed by atoms with van der Waals surface area (Å²) in [5.41, 5.74) is 1.77. The van der Waals surface area contributed by atoms with Gasteiger partial charge in [-0.25, -0.2) is 19.7 Å². The minimum Gasteiger partial charge on any atom is -0.478 e. The molecule has 2 aromatic heterocycles. The van der Waals surface area contributed by atoms with E-state index >= 15 is 0 Å². The van der Waals surface area contributed by atoms with Crippen LogP contribution in [-0.2, 0) is 0 Å². The first-order chi connectivity index (χ1) is 8.75. The van der Waals surface area contributed by atoms with Gasteiger partial charge in [-0.1, -0.05) is 12.1 Å². The van der Waals surface area contributed by atoms with Crippen LogP contribution in [0.3, 0.4) is 0 Å². The molecule has 0 amide bonds. The molecule has 0 bridgehead atoms. The lowest BCUT2D eigenvalue weighted by Crippen LogP contribution is -2.03. The lowest BCUT2D eigenvalue weighted by Gasteiger charge is -2.01. The van der Waals surface area contributed by atoms with Crippen molar-refractivity contribution in [3.8, 4) is 5.95 Å². The number of para-hydroxylation sites is 2. The standard InChI is InChI=1S/C12H8N4O2/c17-11(18)8-5-13-12(14-6-8)16-7-15-9-3-1-2-4-10(9)16/h1-7H,(H,17,18). The van der Waals surface area contributed by atoms with Crippen LogP contribution in [0.2, 0.25) is 0 Å². The Balaban J connectivity index is 2.12. The molecule has 3 rings (SSSR count). The number of imidazole rings is 1. The van der Waals surface area contributed by atoms with Crippen molar-refractivity contribution < 1.29 is 9.90 Å². The Labute approximate surface area is 102 Å². The Bertz CT molecular complexity index is 718. The molecule has 0 fully saturated rings. The minimum absolute atomic E-state index is 0.0585. The Morgan fingerprint density at radius 1 is 1.11 bits per heavy atom. The van der Waals surface area contributed by atoms with Crippen LogP contribution in [0.25, 0.3) is 17.0 Å². The van der Waals surface area contributed by atoms with E-state index in [2.05, 4.69) is 15.0 Å². The maximum Gasteiger partial charge on any atom is 0.338 e. The van der Waals surface area contributed by atoms with Crippen LogP contribution in [-0.4, -0.2) is 30.6 Å². The molecular weight excluding hydrogens is 232 g/mol. The normalized spacial score (nSPS) is 10.7. The molecule has 18 heavy (non-hydrogen) atoms. The van der Waals surface area contributed by atoms with Gasteiger partial charge in [0.1, 0.15) is 6.33 Å². The van der Waals surface area contributed by atoms with Gasteiger partial charge >= 0.3 is 5.97 Å². The molecule has 0 aliphatic heterocycles. The maximum atomic E-state index is 10.7. The van der Waals surface area contributed by atoms with Crippen LogP contribution in [0, 0.1) is 0 Å². The molecule has 0 radical (unpaired) electrons. The molecule has 0 spiro atoms. The van der Waals surface area contributed by atoms with Crippen LogP contribution in [0.15, 0.2) is 43.0 Å². The van der Waals surface area contributed by atoms with Gasteiger partial charge < -0.3 is 5.11 Å². The second kappa shape index (κ2) is 3.92. The summed E-state index contributed by atoms with van der Waals surface area (Å²) in [7, 11) is 0. The van der Waals surface area contributed by atoms with E-state index in [0.29, 0.717) is 5.95 Å². The molecule has 6 heteroatoms.